The van der Waals surface area contributed by atoms with Crippen LogP contribution in [-0.2, 0) is 4.79 Å². The van der Waals surface area contributed by atoms with E-state index >= 15 is 0 Å². The molecule has 0 saturated heterocycles. The molecule has 3 nitrogen and oxygen atoms in total. The Morgan fingerprint density at radius 3 is 2.50 bits per heavy atom. The second-order valence-corrected chi connectivity index (χ2v) is 2.78. The highest BCUT2D eigenvalue weighted by Gasteiger charge is 2.10. The summed E-state index contributed by atoms with van der Waals surface area (Å²) in [5.74, 6) is -0.750. The van der Waals surface area contributed by atoms with Crippen LogP contribution in [0.4, 0.5) is 0 Å². The molecule has 2 N–H and O–H groups in total. The molecule has 0 amide bonds. The van der Waals surface area contributed by atoms with Crippen molar-refractivity contribution in [3.63, 3.8) is 0 Å². The molecule has 0 aliphatic rings. The molecule has 0 rings (SSSR count). The maximum Gasteiger partial charge on any atom is 0.303 e. The molecule has 0 aliphatic heterocycles. The fourth-order valence-corrected chi connectivity index (χ4v) is 1.22. The van der Waals surface area contributed by atoms with Gasteiger partial charge in [-0.25, -0.2) is 0 Å². The van der Waals surface area contributed by atoms with Gasteiger partial charge in [0.1, 0.15) is 0 Å². The van der Waals surface area contributed by atoms with E-state index in [4.69, 9.17) is 10.2 Å². The minimum Gasteiger partial charge on any atom is -0.481 e. The fourth-order valence-electron chi connectivity index (χ4n) is 0.663. The molecule has 10 heavy (non-hydrogen) atoms. The average Bonchev–Trinajstić information content (AvgIpc) is 1.86. The van der Waals surface area contributed by atoms with Crippen LogP contribution in [0.3, 0.4) is 0 Å². The van der Waals surface area contributed by atoms with E-state index in [0.29, 0.717) is 11.8 Å². The van der Waals surface area contributed by atoms with Crippen LogP contribution in [0.2, 0.25) is 0 Å². The number of hydrogen-bond acceptors (Lipinski definition) is 2. The molecule has 0 aromatic carbocycles. The van der Waals surface area contributed by atoms with E-state index in [1.807, 2.05) is 0 Å². The second-order valence-electron chi connectivity index (χ2n) is 2.13. The molecule has 4 heteroatoms. The number of carboxylic acid groups (broad SMARTS) is 1. The van der Waals surface area contributed by atoms with Crippen molar-refractivity contribution in [2.45, 2.75) is 12.8 Å². The highest BCUT2D eigenvalue weighted by atomic mass is 79.9. The topological polar surface area (TPSA) is 57.5 Å². The van der Waals surface area contributed by atoms with Gasteiger partial charge in [0.15, 0.2) is 0 Å². The minimum atomic E-state index is -0.807. The van der Waals surface area contributed by atoms with Gasteiger partial charge < -0.3 is 10.2 Å². The minimum absolute atomic E-state index is 0.0579. The first-order valence-electron chi connectivity index (χ1n) is 3.09. The molecule has 0 fully saturated rings. The average molecular weight is 211 g/mol. The van der Waals surface area contributed by atoms with E-state index in [2.05, 4.69) is 15.9 Å². The number of aliphatic hydroxyl groups is 1. The van der Waals surface area contributed by atoms with Crippen molar-refractivity contribution in [2.24, 2.45) is 5.92 Å². The van der Waals surface area contributed by atoms with Crippen molar-refractivity contribution >= 4 is 21.9 Å². The van der Waals surface area contributed by atoms with Gasteiger partial charge in [0.05, 0.1) is 0 Å². The molecule has 0 radical (unpaired) electrons. The number of hydrogen-bond donors (Lipinski definition) is 2. The van der Waals surface area contributed by atoms with Crippen molar-refractivity contribution in [1.82, 2.24) is 0 Å². The Kier molecular flexibility index (Phi) is 5.63. The van der Waals surface area contributed by atoms with E-state index in [1.54, 1.807) is 0 Å². The summed E-state index contributed by atoms with van der Waals surface area (Å²) in [7, 11) is 0. The SMILES string of the molecule is O=C(O)C[C@@H](CBr)CCO. The summed E-state index contributed by atoms with van der Waals surface area (Å²) >= 11 is 3.17. The first kappa shape index (κ1) is 9.91. The lowest BCUT2D eigenvalue weighted by atomic mass is 10.1. The number of aliphatic hydroxyl groups excluding tert-OH is 1. The molecule has 0 aromatic heterocycles. The quantitative estimate of drug-likeness (QED) is 0.663. The fraction of sp³-hybridized carbons (Fsp3) is 0.833. The first-order valence-corrected chi connectivity index (χ1v) is 4.21. The molecule has 0 aliphatic carbocycles. The number of alkyl halides is 1. The van der Waals surface area contributed by atoms with Gasteiger partial charge in [0.25, 0.3) is 0 Å². The lowest BCUT2D eigenvalue weighted by molar-refractivity contribution is -0.138. The highest BCUT2D eigenvalue weighted by molar-refractivity contribution is 9.09. The van der Waals surface area contributed by atoms with E-state index in [9.17, 15) is 4.79 Å². The Labute approximate surface area is 68.2 Å². The Bertz CT molecular complexity index is 105. The normalized spacial score (nSPS) is 13.0. The zero-order valence-corrected chi connectivity index (χ0v) is 7.17. The maximum absolute atomic E-state index is 10.1. The summed E-state index contributed by atoms with van der Waals surface area (Å²) in [6, 6.07) is 0. The lowest BCUT2D eigenvalue weighted by Gasteiger charge is -2.07. The largest absolute Gasteiger partial charge is 0.481 e. The van der Waals surface area contributed by atoms with Gasteiger partial charge in [-0.3, -0.25) is 4.79 Å². The van der Waals surface area contributed by atoms with Crippen LogP contribution in [0.15, 0.2) is 0 Å². The van der Waals surface area contributed by atoms with Crippen LogP contribution in [0, 0.1) is 5.92 Å². The third-order valence-corrected chi connectivity index (χ3v) is 2.13. The molecule has 0 bridgehead atoms. The molecule has 60 valence electrons. The number of halogens is 1. The van der Waals surface area contributed by atoms with Gasteiger partial charge >= 0.3 is 5.97 Å². The number of carbonyl (C=O) groups is 1. The monoisotopic (exact) mass is 210 g/mol. The number of aliphatic carboxylic acids is 1. The summed E-state index contributed by atoms with van der Waals surface area (Å²) < 4.78 is 0. The van der Waals surface area contributed by atoms with Gasteiger partial charge in [-0.1, -0.05) is 15.9 Å². The zero-order chi connectivity index (χ0) is 7.98. The Balaban J connectivity index is 3.49. The van der Waals surface area contributed by atoms with E-state index in [0.717, 1.165) is 0 Å². The summed E-state index contributed by atoms with van der Waals surface area (Å²) in [6.45, 7) is 0.0591. The number of carboxylic acids is 1. The summed E-state index contributed by atoms with van der Waals surface area (Å²) in [5, 5.41) is 17.4. The van der Waals surface area contributed by atoms with E-state index in [1.165, 1.54) is 0 Å². The molecule has 0 saturated carbocycles. The summed E-state index contributed by atoms with van der Waals surface area (Å²) in [6.07, 6.45) is 0.684. The first-order chi connectivity index (χ1) is 4.70. The van der Waals surface area contributed by atoms with Crippen molar-refractivity contribution in [3.05, 3.63) is 0 Å². The maximum atomic E-state index is 10.1. The Morgan fingerprint density at radius 1 is 1.60 bits per heavy atom. The van der Waals surface area contributed by atoms with Crippen LogP contribution in [0.5, 0.6) is 0 Å². The third-order valence-electron chi connectivity index (χ3n) is 1.22. The van der Waals surface area contributed by atoms with E-state index in [-0.39, 0.29) is 18.9 Å². The predicted molar refractivity (Wildman–Crippen MR) is 41.2 cm³/mol. The Morgan fingerprint density at radius 2 is 2.20 bits per heavy atom. The smallest absolute Gasteiger partial charge is 0.303 e. The molecule has 0 spiro atoms. The standard InChI is InChI=1S/C6H11BrO3/c7-4-5(1-2-8)3-6(9)10/h5,8H,1-4H2,(H,9,10)/t5-/m0/s1. The zero-order valence-electron chi connectivity index (χ0n) is 5.59. The van der Waals surface area contributed by atoms with Crippen LogP contribution in [-0.4, -0.2) is 28.1 Å². The molecule has 0 unspecified atom stereocenters. The van der Waals surface area contributed by atoms with Crippen LogP contribution < -0.4 is 0 Å². The van der Waals surface area contributed by atoms with Crippen LogP contribution in [0.1, 0.15) is 12.8 Å². The second kappa shape index (κ2) is 5.68. The lowest BCUT2D eigenvalue weighted by Crippen LogP contribution is -2.10. The molecule has 0 aromatic rings. The highest BCUT2D eigenvalue weighted by Crippen LogP contribution is 2.10. The van der Waals surface area contributed by atoms with Crippen LogP contribution >= 0.6 is 15.9 Å². The van der Waals surface area contributed by atoms with Gasteiger partial charge in [0.2, 0.25) is 0 Å². The molecular formula is C6H11BrO3. The van der Waals surface area contributed by atoms with Crippen molar-refractivity contribution < 1.29 is 15.0 Å². The van der Waals surface area contributed by atoms with Crippen molar-refractivity contribution in [1.29, 1.82) is 0 Å². The van der Waals surface area contributed by atoms with Gasteiger partial charge in [-0.15, -0.1) is 0 Å². The predicted octanol–water partition coefficient (Wildman–Crippen LogP) is 0.855. The summed E-state index contributed by atoms with van der Waals surface area (Å²) in [5.41, 5.74) is 0. The van der Waals surface area contributed by atoms with Gasteiger partial charge in [-0.2, -0.15) is 0 Å². The third kappa shape index (κ3) is 4.76. The van der Waals surface area contributed by atoms with E-state index < -0.39 is 5.97 Å². The van der Waals surface area contributed by atoms with Gasteiger partial charge in [0, 0.05) is 18.4 Å². The molecular weight excluding hydrogens is 200 g/mol. The molecule has 1 atom stereocenters. The van der Waals surface area contributed by atoms with Gasteiger partial charge in [-0.05, 0) is 12.3 Å². The summed E-state index contributed by atoms with van der Waals surface area (Å²) in [4.78, 5) is 10.1. The number of rotatable bonds is 5. The van der Waals surface area contributed by atoms with Crippen LogP contribution in [0.25, 0.3) is 0 Å². The van der Waals surface area contributed by atoms with Crippen molar-refractivity contribution in [3.8, 4) is 0 Å². The molecule has 0 heterocycles. The van der Waals surface area contributed by atoms with Crippen molar-refractivity contribution in [2.75, 3.05) is 11.9 Å². The Hall–Kier alpha value is -0.0900.